The molecule has 0 radical (unpaired) electrons. The maximum absolute atomic E-state index is 12.2. The first-order valence-electron chi connectivity index (χ1n) is 9.84. The first kappa shape index (κ1) is 20.7. The first-order chi connectivity index (χ1) is 12.4. The zero-order valence-corrected chi connectivity index (χ0v) is 16.7. The highest BCUT2D eigenvalue weighted by Gasteiger charge is 2.27. The van der Waals surface area contributed by atoms with Crippen molar-refractivity contribution in [2.75, 3.05) is 31.6 Å². The van der Waals surface area contributed by atoms with Crippen LogP contribution >= 0.6 is 0 Å². The van der Waals surface area contributed by atoms with Crippen molar-refractivity contribution in [1.82, 2.24) is 4.90 Å². The molecular weight excluding hydrogens is 328 g/mol. The Labute approximate surface area is 158 Å². The van der Waals surface area contributed by atoms with Gasteiger partial charge in [0.2, 0.25) is 0 Å². The van der Waals surface area contributed by atoms with Crippen LogP contribution in [0.1, 0.15) is 53.4 Å². The van der Waals surface area contributed by atoms with Crippen LogP contribution in [0.25, 0.3) is 0 Å². The molecule has 5 heteroatoms. The molecule has 1 heterocycles. The monoisotopic (exact) mass is 362 g/mol. The molecule has 1 amide bonds. The Morgan fingerprint density at radius 2 is 2.00 bits per heavy atom. The lowest BCUT2D eigenvalue weighted by molar-refractivity contribution is -0.136. The van der Waals surface area contributed by atoms with Crippen LogP contribution in [0.15, 0.2) is 24.3 Å². The zero-order valence-electron chi connectivity index (χ0n) is 16.7. The maximum Gasteiger partial charge on any atom is 0.256 e. The summed E-state index contributed by atoms with van der Waals surface area (Å²) in [6.07, 6.45) is 5.02. The third kappa shape index (κ3) is 6.29. The van der Waals surface area contributed by atoms with Crippen molar-refractivity contribution in [2.45, 2.75) is 65.0 Å². The fourth-order valence-corrected chi connectivity index (χ4v) is 3.29. The molecule has 26 heavy (non-hydrogen) atoms. The molecule has 0 spiro atoms. The molecule has 1 aromatic rings. The first-order valence-corrected chi connectivity index (χ1v) is 9.84. The minimum absolute atomic E-state index is 0.149. The number of carbonyl (C=O) groups excluding carboxylic acids is 1. The number of hydrogen-bond acceptors (Lipinski definition) is 4. The zero-order chi connectivity index (χ0) is 19.0. The van der Waals surface area contributed by atoms with Gasteiger partial charge in [-0.15, -0.1) is 0 Å². The summed E-state index contributed by atoms with van der Waals surface area (Å²) < 4.78 is 11.3. The highest BCUT2D eigenvalue weighted by molar-refractivity contribution is 5.96. The van der Waals surface area contributed by atoms with E-state index in [-0.39, 0.29) is 5.91 Å². The molecule has 0 saturated carbocycles. The van der Waals surface area contributed by atoms with Gasteiger partial charge in [0, 0.05) is 24.9 Å². The predicted molar refractivity (Wildman–Crippen MR) is 106 cm³/mol. The Hall–Kier alpha value is -1.59. The quantitative estimate of drug-likeness (QED) is 0.673. The fourth-order valence-electron chi connectivity index (χ4n) is 3.29. The SMILES string of the molecule is CCOC(C)(C)C(=O)Nc1ccc(OCCCN2CCCC[C@H]2C)cc1. The normalized spacial score (nSPS) is 18.5. The molecule has 0 aliphatic carbocycles. The van der Waals surface area contributed by atoms with E-state index in [1.54, 1.807) is 13.8 Å². The van der Waals surface area contributed by atoms with Crippen LogP contribution in [-0.2, 0) is 9.53 Å². The lowest BCUT2D eigenvalue weighted by atomic mass is 10.0. The van der Waals surface area contributed by atoms with Crippen LogP contribution in [0.2, 0.25) is 0 Å². The van der Waals surface area contributed by atoms with E-state index in [0.29, 0.717) is 19.3 Å². The van der Waals surface area contributed by atoms with E-state index < -0.39 is 5.60 Å². The summed E-state index contributed by atoms with van der Waals surface area (Å²) in [6.45, 7) is 11.3. The highest BCUT2D eigenvalue weighted by atomic mass is 16.5. The average Bonchev–Trinajstić information content (AvgIpc) is 2.61. The van der Waals surface area contributed by atoms with E-state index in [2.05, 4.69) is 17.1 Å². The van der Waals surface area contributed by atoms with Gasteiger partial charge < -0.3 is 19.7 Å². The minimum atomic E-state index is -0.838. The molecular formula is C21H34N2O3. The minimum Gasteiger partial charge on any atom is -0.494 e. The van der Waals surface area contributed by atoms with Gasteiger partial charge in [0.15, 0.2) is 0 Å². The number of nitrogens with zero attached hydrogens (tertiary/aromatic N) is 1. The molecule has 1 aliphatic rings. The Bertz CT molecular complexity index is 557. The Morgan fingerprint density at radius 1 is 1.27 bits per heavy atom. The average molecular weight is 363 g/mol. The second-order valence-corrected chi connectivity index (χ2v) is 7.50. The third-order valence-electron chi connectivity index (χ3n) is 4.96. The van der Waals surface area contributed by atoms with E-state index in [4.69, 9.17) is 9.47 Å². The Balaban J connectivity index is 1.72. The van der Waals surface area contributed by atoms with Gasteiger partial charge in [-0.25, -0.2) is 0 Å². The van der Waals surface area contributed by atoms with Gasteiger partial charge in [0.05, 0.1) is 6.61 Å². The number of rotatable bonds is 9. The van der Waals surface area contributed by atoms with Gasteiger partial charge in [0.1, 0.15) is 11.4 Å². The largest absolute Gasteiger partial charge is 0.494 e. The maximum atomic E-state index is 12.2. The number of ether oxygens (including phenoxy) is 2. The van der Waals surface area contributed by atoms with Crippen molar-refractivity contribution in [1.29, 1.82) is 0 Å². The van der Waals surface area contributed by atoms with Gasteiger partial charge in [-0.2, -0.15) is 0 Å². The second kappa shape index (κ2) is 9.93. The lowest BCUT2D eigenvalue weighted by Gasteiger charge is -2.33. The number of nitrogens with one attached hydrogen (secondary N) is 1. The molecule has 1 aromatic carbocycles. The standard InChI is InChI=1S/C21H34N2O3/c1-5-26-21(3,4)20(24)22-18-10-12-19(13-11-18)25-16-8-15-23-14-7-6-9-17(23)2/h10-13,17H,5-9,14-16H2,1-4H3,(H,22,24)/t17-/m1/s1. The summed E-state index contributed by atoms with van der Waals surface area (Å²) in [5.41, 5.74) is -0.0903. The summed E-state index contributed by atoms with van der Waals surface area (Å²) in [6, 6.07) is 8.22. The van der Waals surface area contributed by atoms with Crippen molar-refractivity contribution in [3.05, 3.63) is 24.3 Å². The molecule has 1 fully saturated rings. The van der Waals surface area contributed by atoms with Crippen LogP contribution in [0, 0.1) is 0 Å². The molecule has 5 nitrogen and oxygen atoms in total. The van der Waals surface area contributed by atoms with E-state index in [0.717, 1.165) is 24.4 Å². The van der Waals surface area contributed by atoms with Gasteiger partial charge >= 0.3 is 0 Å². The van der Waals surface area contributed by atoms with Crippen LogP contribution in [0.5, 0.6) is 5.75 Å². The topological polar surface area (TPSA) is 50.8 Å². The summed E-state index contributed by atoms with van der Waals surface area (Å²) in [5, 5.41) is 2.88. The Kier molecular flexibility index (Phi) is 7.91. The van der Waals surface area contributed by atoms with Crippen molar-refractivity contribution in [3.8, 4) is 5.75 Å². The van der Waals surface area contributed by atoms with Crippen molar-refractivity contribution >= 4 is 11.6 Å². The lowest BCUT2D eigenvalue weighted by Crippen LogP contribution is -2.39. The third-order valence-corrected chi connectivity index (χ3v) is 4.96. The summed E-state index contributed by atoms with van der Waals surface area (Å²) in [5.74, 6) is 0.683. The van der Waals surface area contributed by atoms with E-state index >= 15 is 0 Å². The van der Waals surface area contributed by atoms with Gasteiger partial charge in [-0.1, -0.05) is 6.42 Å². The van der Waals surface area contributed by atoms with E-state index in [1.165, 1.54) is 25.8 Å². The van der Waals surface area contributed by atoms with Crippen molar-refractivity contribution in [3.63, 3.8) is 0 Å². The number of anilines is 1. The van der Waals surface area contributed by atoms with Crippen LogP contribution in [0.4, 0.5) is 5.69 Å². The number of amides is 1. The molecule has 146 valence electrons. The number of piperidine rings is 1. The molecule has 1 saturated heterocycles. The molecule has 1 N–H and O–H groups in total. The van der Waals surface area contributed by atoms with Crippen LogP contribution in [-0.4, -0.2) is 48.8 Å². The van der Waals surface area contributed by atoms with Crippen molar-refractivity contribution < 1.29 is 14.3 Å². The fraction of sp³-hybridized carbons (Fsp3) is 0.667. The molecule has 0 aromatic heterocycles. The highest BCUT2D eigenvalue weighted by Crippen LogP contribution is 2.19. The number of benzene rings is 1. The van der Waals surface area contributed by atoms with Gasteiger partial charge in [0.25, 0.3) is 5.91 Å². The number of carbonyl (C=O) groups is 1. The predicted octanol–water partition coefficient (Wildman–Crippen LogP) is 4.08. The number of hydrogen-bond donors (Lipinski definition) is 1. The van der Waals surface area contributed by atoms with Crippen LogP contribution in [0.3, 0.4) is 0 Å². The van der Waals surface area contributed by atoms with E-state index in [9.17, 15) is 4.79 Å². The summed E-state index contributed by atoms with van der Waals surface area (Å²) in [4.78, 5) is 14.8. The smallest absolute Gasteiger partial charge is 0.256 e. The second-order valence-electron chi connectivity index (χ2n) is 7.50. The molecule has 1 aliphatic heterocycles. The molecule has 1 atom stereocenters. The Morgan fingerprint density at radius 3 is 2.65 bits per heavy atom. The summed E-state index contributed by atoms with van der Waals surface area (Å²) >= 11 is 0. The number of likely N-dealkylation sites (tertiary alicyclic amines) is 1. The van der Waals surface area contributed by atoms with Gasteiger partial charge in [-0.3, -0.25) is 4.79 Å². The summed E-state index contributed by atoms with van der Waals surface area (Å²) in [7, 11) is 0. The van der Waals surface area contributed by atoms with Crippen LogP contribution < -0.4 is 10.1 Å². The van der Waals surface area contributed by atoms with Gasteiger partial charge in [-0.05, 0) is 77.8 Å². The molecule has 0 unspecified atom stereocenters. The molecule has 2 rings (SSSR count). The van der Waals surface area contributed by atoms with Crippen molar-refractivity contribution in [2.24, 2.45) is 0 Å². The molecule has 0 bridgehead atoms. The van der Waals surface area contributed by atoms with E-state index in [1.807, 2.05) is 31.2 Å².